The van der Waals surface area contributed by atoms with Gasteiger partial charge in [-0.15, -0.1) is 0 Å². The second kappa shape index (κ2) is 9.40. The van der Waals surface area contributed by atoms with E-state index in [1.54, 1.807) is 12.1 Å². The van der Waals surface area contributed by atoms with Crippen LogP contribution in [-0.2, 0) is 20.6 Å². The summed E-state index contributed by atoms with van der Waals surface area (Å²) in [7, 11) is -3.55. The Morgan fingerprint density at radius 2 is 2.12 bits per heavy atom. The van der Waals surface area contributed by atoms with Crippen LogP contribution in [0.15, 0.2) is 18.2 Å². The number of amides is 1. The van der Waals surface area contributed by atoms with Crippen LogP contribution in [0.3, 0.4) is 0 Å². The Hall–Kier alpha value is -0.820. The molecule has 26 heavy (non-hydrogen) atoms. The maximum atomic E-state index is 12.8. The predicted molar refractivity (Wildman–Crippen MR) is 106 cm³/mol. The number of hydrogen-bond donors (Lipinski definition) is 1. The molecule has 1 aliphatic heterocycles. The van der Waals surface area contributed by atoms with E-state index >= 15 is 0 Å². The van der Waals surface area contributed by atoms with Crippen molar-refractivity contribution in [2.24, 2.45) is 5.92 Å². The summed E-state index contributed by atoms with van der Waals surface area (Å²) in [5.41, 5.74) is 0.513. The zero-order valence-electron chi connectivity index (χ0n) is 15.2. The largest absolute Gasteiger partial charge is 0.353 e. The maximum Gasteiger partial charge on any atom is 0.224 e. The first-order valence-electron chi connectivity index (χ1n) is 8.95. The fourth-order valence-electron chi connectivity index (χ4n) is 3.20. The molecule has 0 radical (unpaired) electrons. The van der Waals surface area contributed by atoms with Gasteiger partial charge in [0.15, 0.2) is 0 Å². The molecular weight excluding hydrogens is 395 g/mol. The van der Waals surface area contributed by atoms with Gasteiger partial charge in [0.25, 0.3) is 0 Å². The van der Waals surface area contributed by atoms with Gasteiger partial charge in [-0.3, -0.25) is 4.79 Å². The van der Waals surface area contributed by atoms with E-state index < -0.39 is 10.0 Å². The average molecular weight is 421 g/mol. The molecule has 1 aliphatic rings. The molecule has 1 heterocycles. The molecule has 0 bridgehead atoms. The van der Waals surface area contributed by atoms with E-state index in [0.717, 1.165) is 12.8 Å². The highest BCUT2D eigenvalue weighted by atomic mass is 35.5. The molecule has 5 nitrogen and oxygen atoms in total. The molecule has 1 amide bonds. The summed E-state index contributed by atoms with van der Waals surface area (Å²) >= 11 is 12.0. The summed E-state index contributed by atoms with van der Waals surface area (Å²) in [5, 5.41) is 3.79. The van der Waals surface area contributed by atoms with Crippen molar-refractivity contribution in [3.8, 4) is 0 Å². The minimum absolute atomic E-state index is 0.0598. The maximum absolute atomic E-state index is 12.8. The highest BCUT2D eigenvalue weighted by Crippen LogP contribution is 2.26. The number of benzene rings is 1. The third-order valence-electron chi connectivity index (χ3n) is 4.61. The molecule has 1 fully saturated rings. The van der Waals surface area contributed by atoms with Gasteiger partial charge in [-0.1, -0.05) is 42.6 Å². The third kappa shape index (κ3) is 5.84. The van der Waals surface area contributed by atoms with E-state index in [1.165, 1.54) is 10.4 Å². The number of hydrogen-bond acceptors (Lipinski definition) is 3. The second-order valence-corrected chi connectivity index (χ2v) is 9.70. The van der Waals surface area contributed by atoms with E-state index in [2.05, 4.69) is 12.2 Å². The van der Waals surface area contributed by atoms with E-state index in [4.69, 9.17) is 23.2 Å². The number of carbonyl (C=O) groups excluding carboxylic acids is 1. The molecule has 0 saturated carbocycles. The van der Waals surface area contributed by atoms with Crippen molar-refractivity contribution in [1.29, 1.82) is 0 Å². The molecule has 1 N–H and O–H groups in total. The number of nitrogens with one attached hydrogen (secondary N) is 1. The molecule has 0 aliphatic carbocycles. The smallest absolute Gasteiger partial charge is 0.224 e. The van der Waals surface area contributed by atoms with Crippen molar-refractivity contribution in [3.05, 3.63) is 33.8 Å². The standard InChI is InChI=1S/C18H26Cl2N2O3S/c1-3-5-13(2)21-18(23)14-6-4-9-22(11-14)26(24,25)12-15-7-8-16(19)10-17(15)20/h7-8,10,13-14H,3-6,9,11-12H2,1-2H3,(H,21,23)/t13-,14-/m0/s1. The number of piperidine rings is 1. The molecule has 1 aromatic rings. The fraction of sp³-hybridized carbons (Fsp3) is 0.611. The van der Waals surface area contributed by atoms with Gasteiger partial charge >= 0.3 is 0 Å². The molecule has 1 saturated heterocycles. The van der Waals surface area contributed by atoms with Crippen molar-refractivity contribution in [1.82, 2.24) is 9.62 Å². The summed E-state index contributed by atoms with van der Waals surface area (Å²) < 4.78 is 27.0. The van der Waals surface area contributed by atoms with E-state index in [0.29, 0.717) is 35.0 Å². The van der Waals surface area contributed by atoms with Gasteiger partial charge in [-0.05, 0) is 43.9 Å². The van der Waals surface area contributed by atoms with E-state index in [-0.39, 0.29) is 30.2 Å². The van der Waals surface area contributed by atoms with E-state index in [9.17, 15) is 13.2 Å². The summed E-state index contributed by atoms with van der Waals surface area (Å²) in [6, 6.07) is 4.89. The quantitative estimate of drug-likeness (QED) is 0.728. The molecule has 2 atom stereocenters. The van der Waals surface area contributed by atoms with Gasteiger partial charge in [0.05, 0.1) is 11.7 Å². The van der Waals surface area contributed by atoms with Gasteiger partial charge in [-0.25, -0.2) is 12.7 Å². The van der Waals surface area contributed by atoms with E-state index in [1.807, 2.05) is 6.92 Å². The number of carbonyl (C=O) groups is 1. The molecule has 0 spiro atoms. The van der Waals surface area contributed by atoms with Crippen molar-refractivity contribution in [2.45, 2.75) is 51.3 Å². The molecular formula is C18H26Cl2N2O3S. The highest BCUT2D eigenvalue weighted by molar-refractivity contribution is 7.88. The van der Waals surface area contributed by atoms with Crippen LogP contribution in [0.25, 0.3) is 0 Å². The molecule has 1 aromatic carbocycles. The van der Waals surface area contributed by atoms with Gasteiger partial charge in [0.2, 0.25) is 15.9 Å². The molecule has 2 rings (SSSR count). The molecule has 0 unspecified atom stereocenters. The Balaban J connectivity index is 2.04. The Labute approximate surface area is 166 Å². The Morgan fingerprint density at radius 3 is 2.77 bits per heavy atom. The topological polar surface area (TPSA) is 66.5 Å². The Kier molecular flexibility index (Phi) is 7.76. The second-order valence-electron chi connectivity index (χ2n) is 6.89. The fourth-order valence-corrected chi connectivity index (χ4v) is 5.40. The van der Waals surface area contributed by atoms with Crippen LogP contribution >= 0.6 is 23.2 Å². The first kappa shape index (κ1) is 21.5. The normalized spacial score (nSPS) is 19.9. The number of nitrogens with zero attached hydrogens (tertiary/aromatic N) is 1. The number of sulfonamides is 1. The molecule has 0 aromatic heterocycles. The predicted octanol–water partition coefficient (Wildman–Crippen LogP) is 3.84. The average Bonchev–Trinajstić information content (AvgIpc) is 2.57. The summed E-state index contributed by atoms with van der Waals surface area (Å²) in [5.74, 6) is -0.558. The summed E-state index contributed by atoms with van der Waals surface area (Å²) in [6.07, 6.45) is 3.29. The van der Waals surface area contributed by atoms with Gasteiger partial charge in [-0.2, -0.15) is 0 Å². The van der Waals surface area contributed by atoms with Crippen molar-refractivity contribution in [3.63, 3.8) is 0 Å². The number of rotatable bonds is 7. The van der Waals surface area contributed by atoms with Crippen LogP contribution in [0, 0.1) is 5.92 Å². The Morgan fingerprint density at radius 1 is 1.38 bits per heavy atom. The third-order valence-corrected chi connectivity index (χ3v) is 6.99. The van der Waals surface area contributed by atoms with Crippen molar-refractivity contribution in [2.75, 3.05) is 13.1 Å². The first-order valence-corrected chi connectivity index (χ1v) is 11.3. The molecule has 146 valence electrons. The lowest BCUT2D eigenvalue weighted by Crippen LogP contribution is -2.47. The van der Waals surface area contributed by atoms with Crippen LogP contribution in [0.4, 0.5) is 0 Å². The molecule has 8 heteroatoms. The van der Waals surface area contributed by atoms with Crippen LogP contribution in [0.1, 0.15) is 45.1 Å². The van der Waals surface area contributed by atoms with Crippen LogP contribution in [0.5, 0.6) is 0 Å². The summed E-state index contributed by atoms with van der Waals surface area (Å²) in [6.45, 7) is 4.70. The van der Waals surface area contributed by atoms with Crippen LogP contribution in [0.2, 0.25) is 10.0 Å². The van der Waals surface area contributed by atoms with Gasteiger partial charge in [0, 0.05) is 29.2 Å². The summed E-state index contributed by atoms with van der Waals surface area (Å²) in [4.78, 5) is 12.4. The highest BCUT2D eigenvalue weighted by Gasteiger charge is 2.33. The van der Waals surface area contributed by atoms with Gasteiger partial charge < -0.3 is 5.32 Å². The lowest BCUT2D eigenvalue weighted by molar-refractivity contribution is -0.126. The van der Waals surface area contributed by atoms with Crippen molar-refractivity contribution < 1.29 is 13.2 Å². The Bertz CT molecular complexity index is 740. The van der Waals surface area contributed by atoms with Gasteiger partial charge in [0.1, 0.15) is 0 Å². The zero-order valence-corrected chi connectivity index (χ0v) is 17.5. The number of halogens is 2. The SMILES string of the molecule is CCC[C@H](C)NC(=O)[C@H]1CCCN(S(=O)(=O)Cc2ccc(Cl)cc2Cl)C1. The zero-order chi connectivity index (χ0) is 19.3. The van der Waals surface area contributed by atoms with Crippen LogP contribution in [-0.4, -0.2) is 37.8 Å². The first-order chi connectivity index (χ1) is 12.2. The lowest BCUT2D eigenvalue weighted by atomic mass is 9.98. The van der Waals surface area contributed by atoms with Crippen molar-refractivity contribution >= 4 is 39.1 Å². The lowest BCUT2D eigenvalue weighted by Gasteiger charge is -2.32. The minimum atomic E-state index is -3.55. The van der Waals surface area contributed by atoms with Crippen LogP contribution < -0.4 is 5.32 Å². The minimum Gasteiger partial charge on any atom is -0.353 e. The monoisotopic (exact) mass is 420 g/mol.